The van der Waals surface area contributed by atoms with Crippen LogP contribution >= 0.6 is 11.8 Å². The van der Waals surface area contributed by atoms with Crippen molar-refractivity contribution >= 4 is 17.7 Å². The Labute approximate surface area is 127 Å². The van der Waals surface area contributed by atoms with Crippen molar-refractivity contribution < 1.29 is 9.53 Å². The molecule has 0 unspecified atom stereocenters. The van der Waals surface area contributed by atoms with Crippen molar-refractivity contribution in [1.82, 2.24) is 20.1 Å². The number of aromatic nitrogens is 3. The Bertz CT molecular complexity index is 522. The van der Waals surface area contributed by atoms with Gasteiger partial charge in [-0.3, -0.25) is 9.36 Å². The molecule has 0 aromatic carbocycles. The number of rotatable bonds is 7. The molecule has 118 valence electrons. The summed E-state index contributed by atoms with van der Waals surface area (Å²) in [6, 6.07) is 0. The Kier molecular flexibility index (Phi) is 5.86. The highest BCUT2D eigenvalue weighted by molar-refractivity contribution is 8.00. The van der Waals surface area contributed by atoms with E-state index in [1.807, 2.05) is 13.8 Å². The van der Waals surface area contributed by atoms with E-state index in [0.717, 1.165) is 25.9 Å². The Morgan fingerprint density at radius 1 is 1.67 bits per heavy atom. The lowest BCUT2D eigenvalue weighted by Crippen LogP contribution is -2.36. The zero-order valence-electron chi connectivity index (χ0n) is 12.4. The SMILES string of the molecule is CCCn1c(S[C@@H](C)C(=O)NC[C@@H]2CCCO2)n[nH]c1=O. The third-order valence-corrected chi connectivity index (χ3v) is 4.44. The number of ether oxygens (including phenoxy) is 1. The fourth-order valence-corrected chi connectivity index (χ4v) is 3.10. The van der Waals surface area contributed by atoms with Crippen LogP contribution < -0.4 is 11.0 Å². The normalized spacial score (nSPS) is 19.6. The molecule has 0 saturated carbocycles. The number of hydrogen-bond acceptors (Lipinski definition) is 5. The zero-order valence-corrected chi connectivity index (χ0v) is 13.2. The maximum absolute atomic E-state index is 12.1. The molecule has 1 amide bonds. The first kappa shape index (κ1) is 16.1. The van der Waals surface area contributed by atoms with Crippen molar-refractivity contribution in [2.24, 2.45) is 0 Å². The molecule has 21 heavy (non-hydrogen) atoms. The second-order valence-electron chi connectivity index (χ2n) is 5.10. The van der Waals surface area contributed by atoms with Gasteiger partial charge in [0.2, 0.25) is 5.91 Å². The third kappa shape index (κ3) is 4.34. The van der Waals surface area contributed by atoms with E-state index in [1.165, 1.54) is 11.8 Å². The quantitative estimate of drug-likeness (QED) is 0.725. The highest BCUT2D eigenvalue weighted by Gasteiger charge is 2.21. The van der Waals surface area contributed by atoms with E-state index in [0.29, 0.717) is 18.2 Å². The predicted octanol–water partition coefficient (Wildman–Crippen LogP) is 0.757. The van der Waals surface area contributed by atoms with Crippen LogP contribution in [-0.4, -0.2) is 45.2 Å². The van der Waals surface area contributed by atoms with Gasteiger partial charge in [-0.2, -0.15) is 0 Å². The summed E-state index contributed by atoms with van der Waals surface area (Å²) in [4.78, 5) is 23.7. The van der Waals surface area contributed by atoms with Crippen LogP contribution in [0.3, 0.4) is 0 Å². The lowest BCUT2D eigenvalue weighted by Gasteiger charge is -2.14. The van der Waals surface area contributed by atoms with Gasteiger partial charge in [-0.05, 0) is 26.2 Å². The van der Waals surface area contributed by atoms with Gasteiger partial charge in [-0.1, -0.05) is 18.7 Å². The van der Waals surface area contributed by atoms with Crippen LogP contribution in [-0.2, 0) is 16.1 Å². The monoisotopic (exact) mass is 314 g/mol. The third-order valence-electron chi connectivity index (χ3n) is 3.35. The van der Waals surface area contributed by atoms with Crippen LogP contribution in [0.2, 0.25) is 0 Å². The largest absolute Gasteiger partial charge is 0.376 e. The van der Waals surface area contributed by atoms with Crippen LogP contribution in [0.15, 0.2) is 9.95 Å². The van der Waals surface area contributed by atoms with Crippen molar-refractivity contribution in [1.29, 1.82) is 0 Å². The lowest BCUT2D eigenvalue weighted by atomic mass is 10.2. The molecular weight excluding hydrogens is 292 g/mol. The number of thioether (sulfide) groups is 1. The number of H-pyrrole nitrogens is 1. The van der Waals surface area contributed by atoms with Gasteiger partial charge in [-0.25, -0.2) is 9.89 Å². The van der Waals surface area contributed by atoms with Crippen LogP contribution in [0.1, 0.15) is 33.1 Å². The second kappa shape index (κ2) is 7.65. The molecule has 1 aliphatic heterocycles. The fourth-order valence-electron chi connectivity index (χ4n) is 2.19. The van der Waals surface area contributed by atoms with E-state index >= 15 is 0 Å². The smallest absolute Gasteiger partial charge is 0.343 e. The summed E-state index contributed by atoms with van der Waals surface area (Å²) in [6.45, 7) is 5.73. The van der Waals surface area contributed by atoms with Crippen LogP contribution in [0.4, 0.5) is 0 Å². The van der Waals surface area contributed by atoms with Crippen molar-refractivity contribution in [2.45, 2.75) is 56.2 Å². The van der Waals surface area contributed by atoms with Crippen LogP contribution in [0.25, 0.3) is 0 Å². The molecule has 1 aromatic rings. The highest BCUT2D eigenvalue weighted by atomic mass is 32.2. The molecule has 8 heteroatoms. The van der Waals surface area contributed by atoms with Crippen LogP contribution in [0.5, 0.6) is 0 Å². The molecule has 0 bridgehead atoms. The molecule has 1 aliphatic rings. The Morgan fingerprint density at radius 3 is 3.14 bits per heavy atom. The van der Waals surface area contributed by atoms with E-state index in [2.05, 4.69) is 15.5 Å². The number of carbonyl (C=O) groups is 1. The molecule has 2 atom stereocenters. The fraction of sp³-hybridized carbons (Fsp3) is 0.769. The summed E-state index contributed by atoms with van der Waals surface area (Å²) in [5, 5.41) is 9.55. The van der Waals surface area contributed by atoms with Gasteiger partial charge in [0.25, 0.3) is 0 Å². The molecule has 1 fully saturated rings. The Hall–Kier alpha value is -1.28. The van der Waals surface area contributed by atoms with Crippen molar-refractivity contribution in [3.63, 3.8) is 0 Å². The van der Waals surface area contributed by atoms with Gasteiger partial charge in [-0.15, -0.1) is 5.10 Å². The molecule has 2 N–H and O–H groups in total. The second-order valence-corrected chi connectivity index (χ2v) is 6.41. The summed E-state index contributed by atoms with van der Waals surface area (Å²) in [5.74, 6) is -0.0611. The number of hydrogen-bond donors (Lipinski definition) is 2. The molecule has 1 saturated heterocycles. The molecule has 0 spiro atoms. The average molecular weight is 314 g/mol. The molecule has 0 radical (unpaired) electrons. The van der Waals surface area contributed by atoms with Gasteiger partial charge in [0.15, 0.2) is 5.16 Å². The average Bonchev–Trinajstić information content (AvgIpc) is 3.09. The Balaban J connectivity index is 1.86. The topological polar surface area (TPSA) is 89.0 Å². The number of nitrogens with one attached hydrogen (secondary N) is 2. The first-order chi connectivity index (χ1) is 10.1. The highest BCUT2D eigenvalue weighted by Crippen LogP contribution is 2.20. The van der Waals surface area contributed by atoms with E-state index in [-0.39, 0.29) is 23.0 Å². The minimum atomic E-state index is -0.308. The van der Waals surface area contributed by atoms with Gasteiger partial charge in [0.1, 0.15) is 0 Å². The first-order valence-electron chi connectivity index (χ1n) is 7.33. The van der Waals surface area contributed by atoms with Gasteiger partial charge >= 0.3 is 5.69 Å². The van der Waals surface area contributed by atoms with Crippen molar-refractivity contribution in [3.8, 4) is 0 Å². The summed E-state index contributed by atoms with van der Waals surface area (Å²) >= 11 is 1.29. The molecule has 1 aromatic heterocycles. The summed E-state index contributed by atoms with van der Waals surface area (Å²) < 4.78 is 7.04. The summed E-state index contributed by atoms with van der Waals surface area (Å²) in [5.41, 5.74) is -0.230. The molecule has 2 rings (SSSR count). The lowest BCUT2D eigenvalue weighted by molar-refractivity contribution is -0.120. The predicted molar refractivity (Wildman–Crippen MR) is 80.4 cm³/mol. The van der Waals surface area contributed by atoms with E-state index in [1.54, 1.807) is 4.57 Å². The number of amides is 1. The van der Waals surface area contributed by atoms with Gasteiger partial charge < -0.3 is 10.1 Å². The molecular formula is C13H22N4O3S. The number of aromatic amines is 1. The minimum Gasteiger partial charge on any atom is -0.376 e. The van der Waals surface area contributed by atoms with Gasteiger partial charge in [0, 0.05) is 19.7 Å². The molecule has 0 aliphatic carbocycles. The van der Waals surface area contributed by atoms with E-state index in [9.17, 15) is 9.59 Å². The Morgan fingerprint density at radius 2 is 2.48 bits per heavy atom. The van der Waals surface area contributed by atoms with E-state index in [4.69, 9.17) is 4.74 Å². The summed E-state index contributed by atoms with van der Waals surface area (Å²) in [6.07, 6.45) is 3.03. The molecule has 2 heterocycles. The standard InChI is InChI=1S/C13H22N4O3S/c1-3-6-17-12(19)15-16-13(17)21-9(2)11(18)14-8-10-5-4-7-20-10/h9-10H,3-8H2,1-2H3,(H,14,18)(H,15,19)/t9-,10-/m0/s1. The van der Waals surface area contributed by atoms with E-state index < -0.39 is 0 Å². The summed E-state index contributed by atoms with van der Waals surface area (Å²) in [7, 11) is 0. The van der Waals surface area contributed by atoms with Crippen molar-refractivity contribution in [3.05, 3.63) is 10.5 Å². The molecule has 7 nitrogen and oxygen atoms in total. The van der Waals surface area contributed by atoms with Crippen LogP contribution in [0, 0.1) is 0 Å². The maximum atomic E-state index is 12.1. The number of nitrogens with zero attached hydrogens (tertiary/aromatic N) is 2. The zero-order chi connectivity index (χ0) is 15.2. The first-order valence-corrected chi connectivity index (χ1v) is 8.21. The number of carbonyl (C=O) groups excluding carboxylic acids is 1. The maximum Gasteiger partial charge on any atom is 0.343 e. The minimum absolute atomic E-state index is 0.0611. The van der Waals surface area contributed by atoms with Gasteiger partial charge in [0.05, 0.1) is 11.4 Å². The van der Waals surface area contributed by atoms with Crippen molar-refractivity contribution in [2.75, 3.05) is 13.2 Å².